The molecular formula is C14H29N3O. The Bertz CT molecular complexity index is 271. The van der Waals surface area contributed by atoms with Gasteiger partial charge in [-0.1, -0.05) is 0 Å². The van der Waals surface area contributed by atoms with Crippen LogP contribution in [0.15, 0.2) is 0 Å². The number of likely N-dealkylation sites (tertiary alicyclic amines) is 1. The molecule has 0 radical (unpaired) electrons. The van der Waals surface area contributed by atoms with E-state index in [9.17, 15) is 4.79 Å². The van der Waals surface area contributed by atoms with Crippen molar-refractivity contribution in [2.75, 3.05) is 33.7 Å². The minimum absolute atomic E-state index is 0.0916. The molecule has 0 saturated carbocycles. The fourth-order valence-electron chi connectivity index (χ4n) is 2.31. The number of likely N-dealkylation sites (N-methyl/N-ethyl adjacent to an activating group) is 1. The lowest BCUT2D eigenvalue weighted by molar-refractivity contribution is -0.133. The zero-order valence-corrected chi connectivity index (χ0v) is 12.6. The standard InChI is InChI=1S/C14H29N3O/c1-14(2,3)15-9-8-13(18)17-10-6-7-12(11-17)16(4)5/h12,15H,6-11H2,1-5H3. The van der Waals surface area contributed by atoms with Crippen molar-refractivity contribution < 1.29 is 4.79 Å². The Labute approximate surface area is 112 Å². The van der Waals surface area contributed by atoms with Crippen molar-refractivity contribution >= 4 is 5.91 Å². The van der Waals surface area contributed by atoms with Gasteiger partial charge in [-0.25, -0.2) is 0 Å². The lowest BCUT2D eigenvalue weighted by atomic mass is 10.0. The van der Waals surface area contributed by atoms with Crippen molar-refractivity contribution in [1.29, 1.82) is 0 Å². The van der Waals surface area contributed by atoms with E-state index < -0.39 is 0 Å². The summed E-state index contributed by atoms with van der Waals surface area (Å²) in [5, 5.41) is 3.37. The van der Waals surface area contributed by atoms with Crippen molar-refractivity contribution in [3.63, 3.8) is 0 Å². The fourth-order valence-corrected chi connectivity index (χ4v) is 2.31. The summed E-state index contributed by atoms with van der Waals surface area (Å²) in [5.74, 6) is 0.290. The van der Waals surface area contributed by atoms with E-state index >= 15 is 0 Å². The average Bonchev–Trinajstić information content (AvgIpc) is 2.27. The topological polar surface area (TPSA) is 35.6 Å². The third-order valence-corrected chi connectivity index (χ3v) is 3.47. The van der Waals surface area contributed by atoms with Gasteiger partial charge in [0.1, 0.15) is 0 Å². The third-order valence-electron chi connectivity index (χ3n) is 3.47. The Hall–Kier alpha value is -0.610. The van der Waals surface area contributed by atoms with E-state index in [1.807, 2.05) is 4.90 Å². The first-order valence-corrected chi connectivity index (χ1v) is 6.99. The Morgan fingerprint density at radius 3 is 2.61 bits per heavy atom. The average molecular weight is 255 g/mol. The van der Waals surface area contributed by atoms with Gasteiger partial charge in [-0.3, -0.25) is 4.79 Å². The van der Waals surface area contributed by atoms with E-state index in [4.69, 9.17) is 0 Å². The van der Waals surface area contributed by atoms with Crippen LogP contribution < -0.4 is 5.32 Å². The first kappa shape index (κ1) is 15.4. The highest BCUT2D eigenvalue weighted by Gasteiger charge is 2.24. The number of rotatable bonds is 4. The summed E-state index contributed by atoms with van der Waals surface area (Å²) >= 11 is 0. The summed E-state index contributed by atoms with van der Waals surface area (Å²) in [6.45, 7) is 8.97. The lowest BCUT2D eigenvalue weighted by Gasteiger charge is -2.36. The molecule has 0 aromatic heterocycles. The quantitative estimate of drug-likeness (QED) is 0.823. The molecule has 1 aliphatic heterocycles. The molecule has 1 aliphatic rings. The maximum absolute atomic E-state index is 12.1. The Morgan fingerprint density at radius 1 is 1.39 bits per heavy atom. The number of nitrogens with one attached hydrogen (secondary N) is 1. The molecular weight excluding hydrogens is 226 g/mol. The van der Waals surface area contributed by atoms with Gasteiger partial charge in [-0.05, 0) is 47.7 Å². The van der Waals surface area contributed by atoms with Gasteiger partial charge in [0.05, 0.1) is 0 Å². The molecule has 0 aromatic carbocycles. The predicted octanol–water partition coefficient (Wildman–Crippen LogP) is 1.32. The summed E-state index contributed by atoms with van der Waals surface area (Å²) in [5.41, 5.74) is 0.0916. The first-order valence-electron chi connectivity index (χ1n) is 6.99. The lowest BCUT2D eigenvalue weighted by Crippen LogP contribution is -2.48. The van der Waals surface area contributed by atoms with Crippen molar-refractivity contribution in [3.8, 4) is 0 Å². The molecule has 106 valence electrons. The Morgan fingerprint density at radius 2 is 2.06 bits per heavy atom. The van der Waals surface area contributed by atoms with Crippen LogP contribution in [0.1, 0.15) is 40.0 Å². The van der Waals surface area contributed by atoms with E-state index in [1.54, 1.807) is 0 Å². The number of amides is 1. The van der Waals surface area contributed by atoms with Crippen molar-refractivity contribution in [1.82, 2.24) is 15.1 Å². The fraction of sp³-hybridized carbons (Fsp3) is 0.929. The van der Waals surface area contributed by atoms with Crippen LogP contribution >= 0.6 is 0 Å². The molecule has 0 aliphatic carbocycles. The summed E-state index contributed by atoms with van der Waals surface area (Å²) < 4.78 is 0. The SMILES string of the molecule is CN(C)C1CCCN(C(=O)CCNC(C)(C)C)C1. The third kappa shape index (κ3) is 5.36. The molecule has 1 atom stereocenters. The van der Waals surface area contributed by atoms with Gasteiger partial charge in [0, 0.05) is 37.6 Å². The highest BCUT2D eigenvalue weighted by Crippen LogP contribution is 2.14. The highest BCUT2D eigenvalue weighted by atomic mass is 16.2. The summed E-state index contributed by atoms with van der Waals surface area (Å²) in [6, 6.07) is 0.526. The number of piperidine rings is 1. The molecule has 1 amide bonds. The molecule has 1 saturated heterocycles. The summed E-state index contributed by atoms with van der Waals surface area (Å²) in [4.78, 5) is 16.4. The van der Waals surface area contributed by atoms with Gasteiger partial charge in [-0.15, -0.1) is 0 Å². The molecule has 1 unspecified atom stereocenters. The highest BCUT2D eigenvalue weighted by molar-refractivity contribution is 5.76. The minimum atomic E-state index is 0.0916. The van der Waals surface area contributed by atoms with Gasteiger partial charge in [0.2, 0.25) is 5.91 Å². The van der Waals surface area contributed by atoms with Crippen LogP contribution in [0.5, 0.6) is 0 Å². The smallest absolute Gasteiger partial charge is 0.223 e. The number of carbonyl (C=O) groups is 1. The number of carbonyl (C=O) groups excluding carboxylic acids is 1. The Kier molecular flexibility index (Phi) is 5.60. The largest absolute Gasteiger partial charge is 0.341 e. The predicted molar refractivity (Wildman–Crippen MR) is 75.7 cm³/mol. The summed E-state index contributed by atoms with van der Waals surface area (Å²) in [6.07, 6.45) is 2.94. The maximum atomic E-state index is 12.1. The normalized spacial score (nSPS) is 21.4. The minimum Gasteiger partial charge on any atom is -0.341 e. The molecule has 4 heteroatoms. The second-order valence-electron chi connectivity index (χ2n) is 6.53. The van der Waals surface area contributed by atoms with Gasteiger partial charge < -0.3 is 15.1 Å². The second kappa shape index (κ2) is 6.53. The van der Waals surface area contributed by atoms with Crippen molar-refractivity contribution in [2.45, 2.75) is 51.6 Å². The Balaban J connectivity index is 2.33. The van der Waals surface area contributed by atoms with Gasteiger partial charge in [0.15, 0.2) is 0 Å². The van der Waals surface area contributed by atoms with Crippen molar-refractivity contribution in [2.24, 2.45) is 0 Å². The van der Waals surface area contributed by atoms with E-state index in [2.05, 4.69) is 45.1 Å². The molecule has 0 aromatic rings. The molecule has 4 nitrogen and oxygen atoms in total. The second-order valence-corrected chi connectivity index (χ2v) is 6.53. The summed E-state index contributed by atoms with van der Waals surface area (Å²) in [7, 11) is 4.19. The molecule has 0 bridgehead atoms. The van der Waals surface area contributed by atoms with Crippen LogP contribution in [0.4, 0.5) is 0 Å². The van der Waals surface area contributed by atoms with Gasteiger partial charge >= 0.3 is 0 Å². The number of hydrogen-bond acceptors (Lipinski definition) is 3. The van der Waals surface area contributed by atoms with E-state index in [-0.39, 0.29) is 5.54 Å². The molecule has 1 N–H and O–H groups in total. The van der Waals surface area contributed by atoms with Crippen molar-refractivity contribution in [3.05, 3.63) is 0 Å². The maximum Gasteiger partial charge on any atom is 0.223 e. The molecule has 1 fully saturated rings. The first-order chi connectivity index (χ1) is 8.29. The van der Waals surface area contributed by atoms with Crippen LogP contribution in [0.25, 0.3) is 0 Å². The monoisotopic (exact) mass is 255 g/mol. The zero-order chi connectivity index (χ0) is 13.8. The van der Waals surface area contributed by atoms with Gasteiger partial charge in [-0.2, -0.15) is 0 Å². The van der Waals surface area contributed by atoms with E-state index in [0.717, 1.165) is 26.1 Å². The van der Waals surface area contributed by atoms with Crippen LogP contribution in [-0.2, 0) is 4.79 Å². The van der Waals surface area contributed by atoms with E-state index in [1.165, 1.54) is 6.42 Å². The van der Waals surface area contributed by atoms with Crippen LogP contribution in [-0.4, -0.2) is 61.0 Å². The van der Waals surface area contributed by atoms with Crippen LogP contribution in [0.3, 0.4) is 0 Å². The number of nitrogens with zero attached hydrogens (tertiary/aromatic N) is 2. The molecule has 1 rings (SSSR count). The van der Waals surface area contributed by atoms with Crippen LogP contribution in [0, 0.1) is 0 Å². The molecule has 0 spiro atoms. The van der Waals surface area contributed by atoms with Crippen LogP contribution in [0.2, 0.25) is 0 Å². The number of hydrogen-bond donors (Lipinski definition) is 1. The molecule has 18 heavy (non-hydrogen) atoms. The van der Waals surface area contributed by atoms with E-state index in [0.29, 0.717) is 18.4 Å². The van der Waals surface area contributed by atoms with Gasteiger partial charge in [0.25, 0.3) is 0 Å². The molecule has 1 heterocycles. The zero-order valence-electron chi connectivity index (χ0n) is 12.6.